The number of carboxylic acid groups (broad SMARTS) is 1. The van der Waals surface area contributed by atoms with Gasteiger partial charge in [0.05, 0.1) is 31.0 Å². The van der Waals surface area contributed by atoms with Crippen LogP contribution in [0.1, 0.15) is 26.7 Å². The van der Waals surface area contributed by atoms with E-state index in [1.165, 1.54) is 0 Å². The zero-order valence-electron chi connectivity index (χ0n) is 19.5. The SMILES string of the molecule is CC(C)(CC(=O)[O-])CC(=O)N[C@H]1CO[C@H]2[C@@H]1OC[C@@H]2Nc1nccc(-c2ccc3c(c2)OCO3)n1. The molecule has 11 nitrogen and oxygen atoms in total. The Hall–Kier alpha value is -3.44. The minimum Gasteiger partial charge on any atom is -0.550 e. The lowest BCUT2D eigenvalue weighted by molar-refractivity contribution is -0.307. The molecule has 2 saturated heterocycles. The van der Waals surface area contributed by atoms with Crippen molar-refractivity contribution in [3.8, 4) is 22.8 Å². The average molecular weight is 484 g/mol. The molecule has 0 unspecified atom stereocenters. The van der Waals surface area contributed by atoms with E-state index in [9.17, 15) is 14.7 Å². The number of hydrogen-bond donors (Lipinski definition) is 2. The van der Waals surface area contributed by atoms with Gasteiger partial charge in [-0.15, -0.1) is 0 Å². The van der Waals surface area contributed by atoms with E-state index in [4.69, 9.17) is 18.9 Å². The predicted octanol–water partition coefficient (Wildman–Crippen LogP) is 0.492. The van der Waals surface area contributed by atoms with E-state index >= 15 is 0 Å². The van der Waals surface area contributed by atoms with E-state index in [1.807, 2.05) is 24.3 Å². The second kappa shape index (κ2) is 9.31. The molecule has 5 rings (SSSR count). The Morgan fingerprint density at radius 3 is 2.60 bits per heavy atom. The van der Waals surface area contributed by atoms with Crippen LogP contribution in [-0.4, -0.2) is 66.1 Å². The number of carboxylic acids is 1. The van der Waals surface area contributed by atoms with Gasteiger partial charge in [-0.3, -0.25) is 4.79 Å². The summed E-state index contributed by atoms with van der Waals surface area (Å²) in [4.78, 5) is 32.4. The van der Waals surface area contributed by atoms with Crippen molar-refractivity contribution in [2.24, 2.45) is 5.41 Å². The maximum Gasteiger partial charge on any atom is 0.231 e. The summed E-state index contributed by atoms with van der Waals surface area (Å²) < 4.78 is 22.7. The van der Waals surface area contributed by atoms with Crippen LogP contribution in [0.4, 0.5) is 5.95 Å². The first-order valence-electron chi connectivity index (χ1n) is 11.5. The summed E-state index contributed by atoms with van der Waals surface area (Å²) in [6.45, 7) is 4.33. The summed E-state index contributed by atoms with van der Waals surface area (Å²) in [7, 11) is 0. The number of hydrogen-bond acceptors (Lipinski definition) is 10. The van der Waals surface area contributed by atoms with Crippen molar-refractivity contribution in [2.75, 3.05) is 25.3 Å². The number of carbonyl (C=O) groups is 2. The molecule has 2 N–H and O–H groups in total. The van der Waals surface area contributed by atoms with Crippen LogP contribution < -0.4 is 25.2 Å². The van der Waals surface area contributed by atoms with Gasteiger partial charge < -0.3 is 39.5 Å². The Kier molecular flexibility index (Phi) is 6.20. The van der Waals surface area contributed by atoms with Crippen LogP contribution >= 0.6 is 0 Å². The number of rotatable bonds is 8. The molecule has 3 aliphatic heterocycles. The highest BCUT2D eigenvalue weighted by Gasteiger charge is 2.48. The lowest BCUT2D eigenvalue weighted by Gasteiger charge is -2.26. The van der Waals surface area contributed by atoms with Crippen molar-refractivity contribution in [1.82, 2.24) is 15.3 Å². The van der Waals surface area contributed by atoms with E-state index in [1.54, 1.807) is 20.0 Å². The number of fused-ring (bicyclic) bond motifs is 2. The molecule has 1 aromatic heterocycles. The standard InChI is InChI=1S/C24H28N4O7/c1-24(2,9-20(30)31)8-19(29)26-15-10-32-22-16(11-33-21(15)22)28-23-25-6-5-14(27-23)13-3-4-17-18(7-13)35-12-34-17/h3-7,15-16,21-22H,8-12H2,1-2H3,(H,26,29)(H,30,31)(H,25,27,28)/p-1/t15-,16-,21+,22+/m0/s1. The van der Waals surface area contributed by atoms with Crippen molar-refractivity contribution in [1.29, 1.82) is 0 Å². The van der Waals surface area contributed by atoms with Gasteiger partial charge in [0.2, 0.25) is 18.6 Å². The molecule has 4 atom stereocenters. The summed E-state index contributed by atoms with van der Waals surface area (Å²) in [5, 5.41) is 17.1. The van der Waals surface area contributed by atoms with Crippen LogP contribution in [0.5, 0.6) is 11.5 Å². The van der Waals surface area contributed by atoms with Crippen LogP contribution in [0.25, 0.3) is 11.3 Å². The number of carbonyl (C=O) groups excluding carboxylic acids is 2. The summed E-state index contributed by atoms with van der Waals surface area (Å²) in [5.74, 6) is 0.403. The molecule has 0 aliphatic carbocycles. The Balaban J connectivity index is 1.20. The number of ether oxygens (including phenoxy) is 4. The van der Waals surface area contributed by atoms with Gasteiger partial charge >= 0.3 is 0 Å². The second-order valence-corrected chi connectivity index (χ2v) is 9.74. The predicted molar refractivity (Wildman–Crippen MR) is 120 cm³/mol. The second-order valence-electron chi connectivity index (χ2n) is 9.74. The minimum absolute atomic E-state index is 0.0665. The van der Waals surface area contributed by atoms with Crippen molar-refractivity contribution in [2.45, 2.75) is 51.0 Å². The first-order chi connectivity index (χ1) is 16.8. The van der Waals surface area contributed by atoms with Gasteiger partial charge in [0.1, 0.15) is 12.2 Å². The largest absolute Gasteiger partial charge is 0.550 e. The van der Waals surface area contributed by atoms with Crippen molar-refractivity contribution >= 4 is 17.8 Å². The topological polar surface area (TPSA) is 144 Å². The molecule has 11 heteroatoms. The maximum absolute atomic E-state index is 12.5. The van der Waals surface area contributed by atoms with E-state index in [0.717, 1.165) is 11.3 Å². The Labute approximate surface area is 202 Å². The number of aromatic nitrogens is 2. The molecule has 0 saturated carbocycles. The summed E-state index contributed by atoms with van der Waals surface area (Å²) in [6, 6.07) is 6.95. The molecule has 35 heavy (non-hydrogen) atoms. The average Bonchev–Trinajstić information content (AvgIpc) is 3.50. The number of benzene rings is 1. The smallest absolute Gasteiger partial charge is 0.231 e. The van der Waals surface area contributed by atoms with Gasteiger partial charge in [0, 0.05) is 24.2 Å². The number of anilines is 1. The molecular weight excluding hydrogens is 456 g/mol. The molecule has 0 radical (unpaired) electrons. The van der Waals surface area contributed by atoms with Crippen LogP contribution in [0, 0.1) is 5.41 Å². The van der Waals surface area contributed by atoms with Gasteiger partial charge in [-0.05, 0) is 36.1 Å². The quantitative estimate of drug-likeness (QED) is 0.544. The van der Waals surface area contributed by atoms with E-state index in [-0.39, 0.29) is 49.8 Å². The summed E-state index contributed by atoms with van der Waals surface area (Å²) in [6.07, 6.45) is 0.945. The van der Waals surface area contributed by atoms with Gasteiger partial charge in [0.25, 0.3) is 0 Å². The zero-order chi connectivity index (χ0) is 24.6. The highest BCUT2D eigenvalue weighted by atomic mass is 16.7. The monoisotopic (exact) mass is 483 g/mol. The lowest BCUT2D eigenvalue weighted by atomic mass is 9.85. The molecule has 3 aliphatic rings. The van der Waals surface area contributed by atoms with Crippen LogP contribution in [0.15, 0.2) is 30.5 Å². The van der Waals surface area contributed by atoms with Crippen LogP contribution in [-0.2, 0) is 19.1 Å². The number of aliphatic carboxylic acids is 1. The lowest BCUT2D eigenvalue weighted by Crippen LogP contribution is -2.46. The first-order valence-corrected chi connectivity index (χ1v) is 11.5. The number of nitrogens with zero attached hydrogens (tertiary/aromatic N) is 2. The van der Waals surface area contributed by atoms with E-state index in [2.05, 4.69) is 20.6 Å². The fourth-order valence-electron chi connectivity index (χ4n) is 4.70. The third kappa shape index (κ3) is 5.15. The Morgan fingerprint density at radius 2 is 1.80 bits per heavy atom. The summed E-state index contributed by atoms with van der Waals surface area (Å²) in [5.41, 5.74) is 0.901. The highest BCUT2D eigenvalue weighted by Crippen LogP contribution is 2.36. The number of nitrogens with one attached hydrogen (secondary N) is 2. The molecule has 1 amide bonds. The normalized spacial score (nSPS) is 24.7. The third-order valence-corrected chi connectivity index (χ3v) is 6.30. The van der Waals surface area contributed by atoms with Gasteiger partial charge in [-0.25, -0.2) is 9.97 Å². The number of amides is 1. The fraction of sp³-hybridized carbons (Fsp3) is 0.500. The van der Waals surface area contributed by atoms with Crippen LogP contribution in [0.2, 0.25) is 0 Å². The van der Waals surface area contributed by atoms with Crippen molar-refractivity contribution in [3.63, 3.8) is 0 Å². The molecule has 186 valence electrons. The van der Waals surface area contributed by atoms with Gasteiger partial charge in [0.15, 0.2) is 11.5 Å². The van der Waals surface area contributed by atoms with Crippen LogP contribution in [0.3, 0.4) is 0 Å². The molecule has 2 aromatic rings. The first kappa shape index (κ1) is 23.3. The Morgan fingerprint density at radius 1 is 1.06 bits per heavy atom. The van der Waals surface area contributed by atoms with Gasteiger partial charge in [-0.1, -0.05) is 13.8 Å². The Bertz CT molecular complexity index is 1120. The molecular formula is C24H27N4O7-. The highest BCUT2D eigenvalue weighted by molar-refractivity contribution is 5.78. The zero-order valence-corrected chi connectivity index (χ0v) is 19.5. The molecule has 0 bridgehead atoms. The molecule has 1 aromatic carbocycles. The minimum atomic E-state index is -1.18. The van der Waals surface area contributed by atoms with E-state index < -0.39 is 11.4 Å². The molecule has 2 fully saturated rings. The summed E-state index contributed by atoms with van der Waals surface area (Å²) >= 11 is 0. The van der Waals surface area contributed by atoms with E-state index in [0.29, 0.717) is 30.7 Å². The van der Waals surface area contributed by atoms with Crippen molar-refractivity contribution < 1.29 is 33.6 Å². The van der Waals surface area contributed by atoms with Gasteiger partial charge in [-0.2, -0.15) is 0 Å². The molecule has 4 heterocycles. The third-order valence-electron chi connectivity index (χ3n) is 6.30. The molecule has 0 spiro atoms. The fourth-order valence-corrected chi connectivity index (χ4v) is 4.70. The maximum atomic E-state index is 12.5. The van der Waals surface area contributed by atoms with Crippen molar-refractivity contribution in [3.05, 3.63) is 30.5 Å².